The molecular weight excluding hydrogens is 450 g/mol. The average molecular weight is 477 g/mol. The van der Waals surface area contributed by atoms with Gasteiger partial charge in [0.15, 0.2) is 0 Å². The molecular formula is C21H27N5O8. The molecule has 184 valence electrons. The molecule has 2 aromatic rings. The van der Waals surface area contributed by atoms with E-state index in [1.54, 1.807) is 18.3 Å². The lowest BCUT2D eigenvalue weighted by atomic mass is 10.0. The Hall–Kier alpha value is -3.97. The summed E-state index contributed by atoms with van der Waals surface area (Å²) in [6.45, 7) is -1.16. The third-order valence-corrected chi connectivity index (χ3v) is 4.97. The largest absolute Gasteiger partial charge is 0.481 e. The fraction of sp³-hybridized carbons (Fsp3) is 0.381. The number of carboxylic acid groups (broad SMARTS) is 2. The number of amides is 3. The van der Waals surface area contributed by atoms with E-state index in [4.69, 9.17) is 15.9 Å². The quantitative estimate of drug-likeness (QED) is 0.160. The van der Waals surface area contributed by atoms with Crippen LogP contribution in [0, 0.1) is 0 Å². The summed E-state index contributed by atoms with van der Waals surface area (Å²) in [5.74, 6) is -5.00. The number of aliphatic carboxylic acids is 2. The Morgan fingerprint density at radius 2 is 1.71 bits per heavy atom. The van der Waals surface area contributed by atoms with Crippen molar-refractivity contribution in [1.29, 1.82) is 0 Å². The monoisotopic (exact) mass is 477 g/mol. The van der Waals surface area contributed by atoms with Crippen LogP contribution in [0.1, 0.15) is 18.4 Å². The Bertz CT molecular complexity index is 1050. The van der Waals surface area contributed by atoms with Crippen LogP contribution in [0.5, 0.6) is 0 Å². The molecule has 3 unspecified atom stereocenters. The fourth-order valence-corrected chi connectivity index (χ4v) is 3.15. The number of carbonyl (C=O) groups excluding carboxylic acids is 3. The molecule has 0 spiro atoms. The number of carboxylic acids is 2. The minimum Gasteiger partial charge on any atom is -0.481 e. The van der Waals surface area contributed by atoms with Crippen LogP contribution in [0.2, 0.25) is 0 Å². The Balaban J connectivity index is 2.17. The molecule has 1 heterocycles. The zero-order valence-corrected chi connectivity index (χ0v) is 18.1. The molecule has 0 aliphatic rings. The number of hydrogen-bond acceptors (Lipinski definition) is 7. The lowest BCUT2D eigenvalue weighted by Gasteiger charge is -2.21. The van der Waals surface area contributed by atoms with Gasteiger partial charge in [0.2, 0.25) is 17.7 Å². The zero-order valence-electron chi connectivity index (χ0n) is 18.1. The van der Waals surface area contributed by atoms with Crippen molar-refractivity contribution in [3.63, 3.8) is 0 Å². The van der Waals surface area contributed by atoms with E-state index in [1.165, 1.54) is 0 Å². The lowest BCUT2D eigenvalue weighted by molar-refractivity contribution is -0.143. The highest BCUT2D eigenvalue weighted by atomic mass is 16.4. The van der Waals surface area contributed by atoms with Crippen molar-refractivity contribution < 1.29 is 39.3 Å². The van der Waals surface area contributed by atoms with Gasteiger partial charge in [0.1, 0.15) is 18.1 Å². The topological polar surface area (TPSA) is 224 Å². The number of nitrogens with one attached hydrogen (secondary N) is 4. The van der Waals surface area contributed by atoms with Gasteiger partial charge in [-0.2, -0.15) is 0 Å². The summed E-state index contributed by atoms with van der Waals surface area (Å²) in [5.41, 5.74) is 6.83. The first-order valence-corrected chi connectivity index (χ1v) is 10.4. The van der Waals surface area contributed by atoms with Crippen LogP contribution in [-0.2, 0) is 30.4 Å². The Morgan fingerprint density at radius 1 is 1.00 bits per heavy atom. The molecule has 0 saturated heterocycles. The number of benzene rings is 1. The predicted molar refractivity (Wildman–Crippen MR) is 118 cm³/mol. The first-order chi connectivity index (χ1) is 16.1. The first-order valence-electron chi connectivity index (χ1n) is 10.4. The normalized spacial score (nSPS) is 13.5. The lowest BCUT2D eigenvalue weighted by Crippen LogP contribution is -2.54. The van der Waals surface area contributed by atoms with Crippen LogP contribution in [-0.4, -0.2) is 81.2 Å². The summed E-state index contributed by atoms with van der Waals surface area (Å²) < 4.78 is 0. The van der Waals surface area contributed by atoms with E-state index in [0.717, 1.165) is 10.9 Å². The second kappa shape index (κ2) is 12.3. The molecule has 0 fully saturated rings. The van der Waals surface area contributed by atoms with Crippen LogP contribution in [0.3, 0.4) is 0 Å². The molecule has 9 N–H and O–H groups in total. The SMILES string of the molecule is NC(CO)C(=O)NCC(=O)NC(Cc1c[nH]c2ccccc12)C(=O)NC(CCC(=O)O)C(=O)O. The van der Waals surface area contributed by atoms with Crippen molar-refractivity contribution in [2.24, 2.45) is 5.73 Å². The minimum absolute atomic E-state index is 0.0169. The van der Waals surface area contributed by atoms with E-state index in [2.05, 4.69) is 20.9 Å². The van der Waals surface area contributed by atoms with E-state index in [0.29, 0.717) is 5.56 Å². The summed E-state index contributed by atoms with van der Waals surface area (Å²) in [4.78, 5) is 62.3. The van der Waals surface area contributed by atoms with E-state index < -0.39 is 67.4 Å². The van der Waals surface area contributed by atoms with Crippen LogP contribution >= 0.6 is 0 Å². The number of aliphatic hydroxyl groups excluding tert-OH is 1. The number of aromatic amines is 1. The smallest absolute Gasteiger partial charge is 0.326 e. The number of para-hydroxylation sites is 1. The molecule has 0 aliphatic carbocycles. The van der Waals surface area contributed by atoms with Crippen LogP contribution < -0.4 is 21.7 Å². The van der Waals surface area contributed by atoms with Crippen molar-refractivity contribution in [3.8, 4) is 0 Å². The Morgan fingerprint density at radius 3 is 2.35 bits per heavy atom. The maximum atomic E-state index is 12.9. The van der Waals surface area contributed by atoms with Crippen LogP contribution in [0.4, 0.5) is 0 Å². The van der Waals surface area contributed by atoms with Gasteiger partial charge < -0.3 is 42.0 Å². The van der Waals surface area contributed by atoms with Gasteiger partial charge in [-0.15, -0.1) is 0 Å². The number of aliphatic hydroxyl groups is 1. The highest BCUT2D eigenvalue weighted by Crippen LogP contribution is 2.19. The molecule has 1 aromatic heterocycles. The van der Waals surface area contributed by atoms with Gasteiger partial charge in [-0.3, -0.25) is 19.2 Å². The summed E-state index contributed by atoms with van der Waals surface area (Å²) >= 11 is 0. The molecule has 0 radical (unpaired) electrons. The second-order valence-corrected chi connectivity index (χ2v) is 7.52. The van der Waals surface area contributed by atoms with E-state index in [1.807, 2.05) is 12.1 Å². The Labute approximate surface area is 193 Å². The molecule has 3 atom stereocenters. The number of rotatable bonds is 13. The summed E-state index contributed by atoms with van der Waals surface area (Å²) in [6.07, 6.45) is 0.808. The van der Waals surface area contributed by atoms with Crippen molar-refractivity contribution in [2.45, 2.75) is 37.4 Å². The third-order valence-electron chi connectivity index (χ3n) is 4.97. The van der Waals surface area contributed by atoms with Crippen molar-refractivity contribution in [2.75, 3.05) is 13.2 Å². The predicted octanol–water partition coefficient (Wildman–Crippen LogP) is -1.93. The van der Waals surface area contributed by atoms with Gasteiger partial charge >= 0.3 is 11.9 Å². The van der Waals surface area contributed by atoms with Gasteiger partial charge in [-0.25, -0.2) is 4.79 Å². The summed E-state index contributed by atoms with van der Waals surface area (Å²) in [5, 5.41) is 34.8. The number of fused-ring (bicyclic) bond motifs is 1. The molecule has 13 nitrogen and oxygen atoms in total. The van der Waals surface area contributed by atoms with Crippen molar-refractivity contribution in [3.05, 3.63) is 36.0 Å². The molecule has 1 aromatic carbocycles. The molecule has 2 rings (SSSR count). The molecule has 34 heavy (non-hydrogen) atoms. The molecule has 0 aliphatic heterocycles. The maximum absolute atomic E-state index is 12.9. The zero-order chi connectivity index (χ0) is 25.3. The second-order valence-electron chi connectivity index (χ2n) is 7.52. The fourth-order valence-electron chi connectivity index (χ4n) is 3.15. The molecule has 13 heteroatoms. The van der Waals surface area contributed by atoms with E-state index in [9.17, 15) is 29.1 Å². The highest BCUT2D eigenvalue weighted by molar-refractivity contribution is 5.93. The number of H-pyrrole nitrogens is 1. The van der Waals surface area contributed by atoms with Gasteiger partial charge in [0.25, 0.3) is 0 Å². The summed E-state index contributed by atoms with van der Waals surface area (Å²) in [6, 6.07) is 3.30. The van der Waals surface area contributed by atoms with Gasteiger partial charge in [-0.05, 0) is 18.1 Å². The highest BCUT2D eigenvalue weighted by Gasteiger charge is 2.28. The third kappa shape index (κ3) is 7.56. The van der Waals surface area contributed by atoms with E-state index in [-0.39, 0.29) is 12.8 Å². The number of nitrogens with two attached hydrogens (primary N) is 1. The number of aromatic nitrogens is 1. The minimum atomic E-state index is -1.48. The number of hydrogen-bond donors (Lipinski definition) is 8. The molecule has 3 amide bonds. The standard InChI is InChI=1S/C21H27N5O8/c22-13(10-27)19(31)24-9-17(28)25-16(7-11-8-23-14-4-2-1-3-12(11)14)20(32)26-15(21(33)34)5-6-18(29)30/h1-4,8,13,15-16,23,27H,5-7,9-10,22H2,(H,24,31)(H,25,28)(H,26,32)(H,29,30)(H,33,34). The van der Waals surface area contributed by atoms with Gasteiger partial charge in [-0.1, -0.05) is 18.2 Å². The van der Waals surface area contributed by atoms with Crippen molar-refractivity contribution >= 4 is 40.6 Å². The van der Waals surface area contributed by atoms with Crippen molar-refractivity contribution in [1.82, 2.24) is 20.9 Å². The van der Waals surface area contributed by atoms with E-state index >= 15 is 0 Å². The van der Waals surface area contributed by atoms with Gasteiger partial charge in [0.05, 0.1) is 13.2 Å². The van der Waals surface area contributed by atoms with Gasteiger partial charge in [0, 0.05) is 29.9 Å². The molecule has 0 bridgehead atoms. The van der Waals surface area contributed by atoms with Crippen LogP contribution in [0.25, 0.3) is 10.9 Å². The summed E-state index contributed by atoms with van der Waals surface area (Å²) in [7, 11) is 0. The van der Waals surface area contributed by atoms with Crippen LogP contribution in [0.15, 0.2) is 30.5 Å². The molecule has 0 saturated carbocycles. The Kier molecular flexibility index (Phi) is 9.52. The average Bonchev–Trinajstić information content (AvgIpc) is 3.21. The maximum Gasteiger partial charge on any atom is 0.326 e. The number of carbonyl (C=O) groups is 5. The first kappa shape index (κ1) is 26.3.